The third-order valence-electron chi connectivity index (χ3n) is 5.05. The second-order valence-electron chi connectivity index (χ2n) is 6.69. The van der Waals surface area contributed by atoms with Crippen molar-refractivity contribution < 1.29 is 4.79 Å². The molecule has 0 aromatic carbocycles. The fourth-order valence-electron chi connectivity index (χ4n) is 3.50. The minimum atomic E-state index is 0. The van der Waals surface area contributed by atoms with E-state index in [9.17, 15) is 4.79 Å². The summed E-state index contributed by atoms with van der Waals surface area (Å²) in [5, 5.41) is 3.40. The molecule has 2 heterocycles. The summed E-state index contributed by atoms with van der Waals surface area (Å²) in [5.74, 6) is 2.49. The predicted molar refractivity (Wildman–Crippen MR) is 86.2 cm³/mol. The van der Waals surface area contributed by atoms with Gasteiger partial charge in [-0.15, -0.1) is 12.4 Å². The van der Waals surface area contributed by atoms with Crippen LogP contribution in [0, 0.1) is 17.8 Å². The van der Waals surface area contributed by atoms with Crippen LogP contribution in [0.4, 0.5) is 0 Å². The van der Waals surface area contributed by atoms with Gasteiger partial charge in [0, 0.05) is 19.5 Å². The molecule has 0 spiro atoms. The molecule has 2 fully saturated rings. The Morgan fingerprint density at radius 3 is 2.60 bits per heavy atom. The molecule has 0 saturated carbocycles. The van der Waals surface area contributed by atoms with Crippen LogP contribution in [0.1, 0.15) is 52.4 Å². The van der Waals surface area contributed by atoms with E-state index in [4.69, 9.17) is 0 Å². The Hall–Kier alpha value is -0.280. The first-order valence-corrected chi connectivity index (χ1v) is 8.15. The fraction of sp³-hybridized carbons (Fsp3) is 0.938. The molecule has 2 saturated heterocycles. The highest BCUT2D eigenvalue weighted by Gasteiger charge is 2.25. The van der Waals surface area contributed by atoms with E-state index in [1.165, 1.54) is 32.1 Å². The molecule has 2 aliphatic heterocycles. The number of halogens is 1. The van der Waals surface area contributed by atoms with Gasteiger partial charge >= 0.3 is 0 Å². The monoisotopic (exact) mass is 302 g/mol. The minimum Gasteiger partial charge on any atom is -0.343 e. The van der Waals surface area contributed by atoms with Gasteiger partial charge in [0.1, 0.15) is 0 Å². The second-order valence-corrected chi connectivity index (χ2v) is 6.69. The Kier molecular flexibility index (Phi) is 7.90. The number of likely N-dealkylation sites (tertiary alicyclic amines) is 1. The van der Waals surface area contributed by atoms with Crippen molar-refractivity contribution in [3.63, 3.8) is 0 Å². The third-order valence-corrected chi connectivity index (χ3v) is 5.05. The van der Waals surface area contributed by atoms with Gasteiger partial charge in [-0.1, -0.05) is 13.8 Å². The molecule has 2 unspecified atom stereocenters. The van der Waals surface area contributed by atoms with E-state index < -0.39 is 0 Å². The zero-order chi connectivity index (χ0) is 13.7. The van der Waals surface area contributed by atoms with Gasteiger partial charge in [0.25, 0.3) is 0 Å². The molecule has 2 atom stereocenters. The summed E-state index contributed by atoms with van der Waals surface area (Å²) in [6.45, 7) is 8.82. The van der Waals surface area contributed by atoms with Crippen LogP contribution < -0.4 is 5.32 Å². The lowest BCUT2D eigenvalue weighted by Crippen LogP contribution is -2.36. The van der Waals surface area contributed by atoms with Crippen molar-refractivity contribution in [2.45, 2.75) is 52.4 Å². The van der Waals surface area contributed by atoms with Gasteiger partial charge in [0.2, 0.25) is 5.91 Å². The molecular weight excluding hydrogens is 272 g/mol. The summed E-state index contributed by atoms with van der Waals surface area (Å²) in [5.41, 5.74) is 0. The van der Waals surface area contributed by atoms with Crippen LogP contribution in [0.25, 0.3) is 0 Å². The Balaban J connectivity index is 0.00000200. The summed E-state index contributed by atoms with van der Waals surface area (Å²) >= 11 is 0. The molecule has 2 rings (SSSR count). The second kappa shape index (κ2) is 8.89. The Labute approximate surface area is 130 Å². The average Bonchev–Trinajstić information content (AvgIpc) is 2.64. The van der Waals surface area contributed by atoms with Gasteiger partial charge in [-0.25, -0.2) is 0 Å². The maximum Gasteiger partial charge on any atom is 0.222 e. The molecular formula is C16H31ClN2O. The van der Waals surface area contributed by atoms with E-state index in [0.29, 0.717) is 11.8 Å². The topological polar surface area (TPSA) is 32.3 Å². The lowest BCUT2D eigenvalue weighted by Gasteiger charge is -2.29. The van der Waals surface area contributed by atoms with E-state index in [1.807, 2.05) is 0 Å². The normalized spacial score (nSPS) is 26.5. The zero-order valence-electron chi connectivity index (χ0n) is 13.1. The molecule has 0 bridgehead atoms. The van der Waals surface area contributed by atoms with Gasteiger partial charge < -0.3 is 10.2 Å². The molecule has 1 N–H and O–H groups in total. The number of nitrogens with one attached hydrogen (secondary N) is 1. The largest absolute Gasteiger partial charge is 0.343 e. The van der Waals surface area contributed by atoms with E-state index in [1.54, 1.807) is 0 Å². The van der Waals surface area contributed by atoms with Crippen LogP contribution in [0.3, 0.4) is 0 Å². The first kappa shape index (κ1) is 17.8. The van der Waals surface area contributed by atoms with Crippen LogP contribution >= 0.6 is 12.4 Å². The highest BCUT2D eigenvalue weighted by Crippen LogP contribution is 2.25. The van der Waals surface area contributed by atoms with E-state index in [0.717, 1.165) is 44.4 Å². The third kappa shape index (κ3) is 5.25. The van der Waals surface area contributed by atoms with E-state index in [-0.39, 0.29) is 12.4 Å². The number of piperidine rings is 1. The fourth-order valence-corrected chi connectivity index (χ4v) is 3.50. The van der Waals surface area contributed by atoms with Crippen LogP contribution in [-0.4, -0.2) is 37.0 Å². The van der Waals surface area contributed by atoms with Crippen molar-refractivity contribution in [2.75, 3.05) is 26.2 Å². The summed E-state index contributed by atoms with van der Waals surface area (Å²) < 4.78 is 0. The quantitative estimate of drug-likeness (QED) is 0.869. The molecule has 3 nitrogen and oxygen atoms in total. The number of hydrogen-bond donors (Lipinski definition) is 1. The summed E-state index contributed by atoms with van der Waals surface area (Å²) in [6.07, 6.45) is 6.91. The summed E-state index contributed by atoms with van der Waals surface area (Å²) in [7, 11) is 0. The van der Waals surface area contributed by atoms with Crippen molar-refractivity contribution >= 4 is 18.3 Å². The predicted octanol–water partition coefficient (Wildman–Crippen LogP) is 3.08. The van der Waals surface area contributed by atoms with Gasteiger partial charge in [-0.2, -0.15) is 0 Å². The van der Waals surface area contributed by atoms with Crippen molar-refractivity contribution in [3.8, 4) is 0 Å². The highest BCUT2D eigenvalue weighted by molar-refractivity contribution is 5.85. The smallest absolute Gasteiger partial charge is 0.222 e. The van der Waals surface area contributed by atoms with E-state index >= 15 is 0 Å². The number of hydrogen-bond acceptors (Lipinski definition) is 2. The molecule has 0 aliphatic carbocycles. The Morgan fingerprint density at radius 2 is 1.90 bits per heavy atom. The van der Waals surface area contributed by atoms with Crippen molar-refractivity contribution in [1.29, 1.82) is 0 Å². The molecule has 0 aromatic heterocycles. The molecule has 2 aliphatic rings. The van der Waals surface area contributed by atoms with Crippen molar-refractivity contribution in [3.05, 3.63) is 0 Å². The number of nitrogens with zero attached hydrogens (tertiary/aromatic N) is 1. The number of carbonyl (C=O) groups excluding carboxylic acids is 1. The molecule has 20 heavy (non-hydrogen) atoms. The zero-order valence-corrected chi connectivity index (χ0v) is 13.9. The van der Waals surface area contributed by atoms with E-state index in [2.05, 4.69) is 24.1 Å². The standard InChI is InChI=1S/C16H30N2O.ClH/c1-13-4-3-10-18(11-7-13)16(19)12-14(2)15-5-8-17-9-6-15;/h13-15,17H,3-12H2,1-2H3;1H. The highest BCUT2D eigenvalue weighted by atomic mass is 35.5. The number of carbonyl (C=O) groups is 1. The van der Waals surface area contributed by atoms with Gasteiger partial charge in [-0.05, 0) is 62.9 Å². The van der Waals surface area contributed by atoms with Crippen molar-refractivity contribution in [2.24, 2.45) is 17.8 Å². The summed E-state index contributed by atoms with van der Waals surface area (Å²) in [4.78, 5) is 14.5. The number of rotatable bonds is 3. The number of amides is 1. The maximum absolute atomic E-state index is 12.4. The molecule has 0 aromatic rings. The first-order valence-electron chi connectivity index (χ1n) is 8.15. The molecule has 1 amide bonds. The average molecular weight is 303 g/mol. The van der Waals surface area contributed by atoms with Gasteiger partial charge in [0.05, 0.1) is 0 Å². The SMILES string of the molecule is CC1CCCN(C(=O)CC(C)C2CCNCC2)CC1.Cl. The molecule has 0 radical (unpaired) electrons. The van der Waals surface area contributed by atoms with Gasteiger partial charge in [-0.3, -0.25) is 4.79 Å². The van der Waals surface area contributed by atoms with Crippen LogP contribution in [0.2, 0.25) is 0 Å². The van der Waals surface area contributed by atoms with Crippen LogP contribution in [0.5, 0.6) is 0 Å². The lowest BCUT2D eigenvalue weighted by atomic mass is 9.84. The van der Waals surface area contributed by atoms with Crippen LogP contribution in [0.15, 0.2) is 0 Å². The lowest BCUT2D eigenvalue weighted by molar-refractivity contribution is -0.132. The molecule has 4 heteroatoms. The minimum absolute atomic E-state index is 0. The summed E-state index contributed by atoms with van der Waals surface area (Å²) in [6, 6.07) is 0. The van der Waals surface area contributed by atoms with Crippen LogP contribution in [-0.2, 0) is 4.79 Å². The Bertz CT molecular complexity index is 292. The van der Waals surface area contributed by atoms with Crippen molar-refractivity contribution in [1.82, 2.24) is 10.2 Å². The first-order chi connectivity index (χ1) is 9.16. The van der Waals surface area contributed by atoms with Gasteiger partial charge in [0.15, 0.2) is 0 Å². The molecule has 118 valence electrons. The Morgan fingerprint density at radius 1 is 1.20 bits per heavy atom. The maximum atomic E-state index is 12.4.